The summed E-state index contributed by atoms with van der Waals surface area (Å²) < 4.78 is 5.00. The van der Waals surface area contributed by atoms with Crippen molar-refractivity contribution in [3.05, 3.63) is 24.3 Å². The Bertz CT molecular complexity index is 388. The summed E-state index contributed by atoms with van der Waals surface area (Å²) in [5, 5.41) is 20.9. The van der Waals surface area contributed by atoms with Gasteiger partial charge in [-0.05, 0) is 32.6 Å². The molecular weight excluding hydrogens is 256 g/mol. The van der Waals surface area contributed by atoms with Crippen molar-refractivity contribution in [1.29, 1.82) is 0 Å². The van der Waals surface area contributed by atoms with Gasteiger partial charge in [-0.25, -0.2) is 4.79 Å². The van der Waals surface area contributed by atoms with Gasteiger partial charge in [0.2, 0.25) is 0 Å². The van der Waals surface area contributed by atoms with Crippen molar-refractivity contribution in [3.8, 4) is 0 Å². The van der Waals surface area contributed by atoms with E-state index in [0.29, 0.717) is 37.7 Å². The predicted octanol–water partition coefficient (Wildman–Crippen LogP) is 2.50. The Balaban J connectivity index is 2.42. The minimum Gasteiger partial charge on any atom is -0.462 e. The van der Waals surface area contributed by atoms with Crippen LogP contribution in [0.25, 0.3) is 0 Å². The number of esters is 1. The SMILES string of the molecule is C=C(C)C(=O)OCCC1(O)CCC(O)(CC=CCC)C1. The molecular formula is C16H26O4. The van der Waals surface area contributed by atoms with Gasteiger partial charge < -0.3 is 14.9 Å². The summed E-state index contributed by atoms with van der Waals surface area (Å²) in [6.45, 7) is 7.29. The molecule has 1 saturated carbocycles. The number of rotatable bonds is 7. The topological polar surface area (TPSA) is 66.8 Å². The first-order valence-electron chi connectivity index (χ1n) is 7.23. The quantitative estimate of drug-likeness (QED) is 0.428. The van der Waals surface area contributed by atoms with Crippen molar-refractivity contribution in [1.82, 2.24) is 0 Å². The van der Waals surface area contributed by atoms with Crippen molar-refractivity contribution >= 4 is 5.97 Å². The van der Waals surface area contributed by atoms with Crippen molar-refractivity contribution in [2.75, 3.05) is 6.61 Å². The van der Waals surface area contributed by atoms with E-state index in [0.717, 1.165) is 6.42 Å². The van der Waals surface area contributed by atoms with Crippen molar-refractivity contribution in [2.45, 2.75) is 63.6 Å². The first kappa shape index (κ1) is 16.9. The second kappa shape index (κ2) is 7.04. The normalized spacial score (nSPS) is 29.8. The molecule has 0 heterocycles. The molecule has 0 spiro atoms. The van der Waals surface area contributed by atoms with Gasteiger partial charge in [0.1, 0.15) is 0 Å². The number of aliphatic hydroxyl groups is 2. The molecule has 2 unspecified atom stereocenters. The lowest BCUT2D eigenvalue weighted by atomic mass is 9.92. The van der Waals surface area contributed by atoms with Crippen molar-refractivity contribution in [3.63, 3.8) is 0 Å². The molecule has 0 aliphatic heterocycles. The fourth-order valence-electron chi connectivity index (χ4n) is 2.57. The molecule has 1 fully saturated rings. The fraction of sp³-hybridized carbons (Fsp3) is 0.688. The molecule has 0 aromatic carbocycles. The summed E-state index contributed by atoms with van der Waals surface area (Å²) in [6, 6.07) is 0. The van der Waals surface area contributed by atoms with E-state index in [4.69, 9.17) is 4.74 Å². The number of allylic oxidation sites excluding steroid dienone is 1. The van der Waals surface area contributed by atoms with E-state index in [1.165, 1.54) is 0 Å². The number of carbonyl (C=O) groups is 1. The Morgan fingerprint density at radius 2 is 1.95 bits per heavy atom. The average molecular weight is 282 g/mol. The van der Waals surface area contributed by atoms with Gasteiger partial charge in [-0.3, -0.25) is 0 Å². The van der Waals surface area contributed by atoms with E-state index in [1.54, 1.807) is 6.92 Å². The lowest BCUT2D eigenvalue weighted by molar-refractivity contribution is -0.140. The minimum absolute atomic E-state index is 0.156. The van der Waals surface area contributed by atoms with E-state index in [9.17, 15) is 15.0 Å². The summed E-state index contributed by atoms with van der Waals surface area (Å²) in [5.74, 6) is -0.437. The van der Waals surface area contributed by atoms with Crippen LogP contribution in [-0.2, 0) is 9.53 Å². The van der Waals surface area contributed by atoms with Gasteiger partial charge in [-0.1, -0.05) is 25.7 Å². The Hall–Kier alpha value is -1.13. The first-order chi connectivity index (χ1) is 9.30. The third-order valence-corrected chi connectivity index (χ3v) is 3.76. The molecule has 0 aromatic rings. The molecule has 0 aromatic heterocycles. The lowest BCUT2D eigenvalue weighted by Crippen LogP contribution is -2.32. The number of ether oxygens (including phenoxy) is 1. The maximum absolute atomic E-state index is 11.3. The van der Waals surface area contributed by atoms with E-state index in [2.05, 4.69) is 6.58 Å². The van der Waals surface area contributed by atoms with Gasteiger partial charge in [0.05, 0.1) is 17.8 Å². The van der Waals surface area contributed by atoms with E-state index >= 15 is 0 Å². The van der Waals surface area contributed by atoms with E-state index in [1.807, 2.05) is 19.1 Å². The van der Waals surface area contributed by atoms with Gasteiger partial charge in [-0.2, -0.15) is 0 Å². The molecule has 4 nitrogen and oxygen atoms in total. The summed E-state index contributed by atoms with van der Waals surface area (Å²) in [5.41, 5.74) is -1.42. The molecule has 2 atom stereocenters. The van der Waals surface area contributed by atoms with E-state index in [-0.39, 0.29) is 6.61 Å². The lowest BCUT2D eigenvalue weighted by Gasteiger charge is -2.26. The zero-order chi connectivity index (χ0) is 15.2. The second-order valence-corrected chi connectivity index (χ2v) is 5.88. The maximum Gasteiger partial charge on any atom is 0.333 e. The van der Waals surface area contributed by atoms with Crippen LogP contribution in [0.15, 0.2) is 24.3 Å². The van der Waals surface area contributed by atoms with E-state index < -0.39 is 17.2 Å². The van der Waals surface area contributed by atoms with Crippen LogP contribution >= 0.6 is 0 Å². The Kier molecular flexibility index (Phi) is 5.96. The monoisotopic (exact) mass is 282 g/mol. The highest BCUT2D eigenvalue weighted by atomic mass is 16.5. The standard InChI is InChI=1S/C16H26O4/c1-4-5-6-7-15(18)8-9-16(19,12-15)10-11-20-14(17)13(2)3/h5-6,18-19H,2,4,7-12H2,1,3H3. The Morgan fingerprint density at radius 1 is 1.30 bits per heavy atom. The van der Waals surface area contributed by atoms with Crippen LogP contribution < -0.4 is 0 Å². The largest absolute Gasteiger partial charge is 0.462 e. The zero-order valence-electron chi connectivity index (χ0n) is 12.5. The van der Waals surface area contributed by atoms with Crippen LogP contribution in [-0.4, -0.2) is 34.0 Å². The zero-order valence-corrected chi connectivity index (χ0v) is 12.5. The first-order valence-corrected chi connectivity index (χ1v) is 7.23. The predicted molar refractivity (Wildman–Crippen MR) is 78.2 cm³/mol. The molecule has 4 heteroatoms. The highest BCUT2D eigenvalue weighted by molar-refractivity contribution is 5.86. The molecule has 1 rings (SSSR count). The van der Waals surface area contributed by atoms with Gasteiger partial charge in [0.15, 0.2) is 0 Å². The summed E-state index contributed by atoms with van der Waals surface area (Å²) in [6.07, 6.45) is 7.29. The van der Waals surface area contributed by atoms with Crippen LogP contribution in [0.5, 0.6) is 0 Å². The molecule has 114 valence electrons. The van der Waals surface area contributed by atoms with Crippen LogP contribution in [0.2, 0.25) is 0 Å². The number of carbonyl (C=O) groups excluding carboxylic acids is 1. The van der Waals surface area contributed by atoms with Gasteiger partial charge in [-0.15, -0.1) is 0 Å². The molecule has 20 heavy (non-hydrogen) atoms. The van der Waals surface area contributed by atoms with Gasteiger partial charge in [0.25, 0.3) is 0 Å². The molecule has 0 bridgehead atoms. The van der Waals surface area contributed by atoms with Crippen LogP contribution in [0.1, 0.15) is 52.4 Å². The summed E-state index contributed by atoms with van der Waals surface area (Å²) in [7, 11) is 0. The fourth-order valence-corrected chi connectivity index (χ4v) is 2.57. The van der Waals surface area contributed by atoms with Crippen LogP contribution in [0, 0.1) is 0 Å². The summed E-state index contributed by atoms with van der Waals surface area (Å²) >= 11 is 0. The molecule has 0 saturated heterocycles. The summed E-state index contributed by atoms with van der Waals surface area (Å²) in [4.78, 5) is 11.3. The molecule has 1 aliphatic carbocycles. The third kappa shape index (κ3) is 5.10. The van der Waals surface area contributed by atoms with Crippen LogP contribution in [0.3, 0.4) is 0 Å². The maximum atomic E-state index is 11.3. The Labute approximate surface area is 121 Å². The Morgan fingerprint density at radius 3 is 2.55 bits per heavy atom. The molecule has 2 N–H and O–H groups in total. The van der Waals surface area contributed by atoms with Gasteiger partial charge in [0, 0.05) is 18.4 Å². The smallest absolute Gasteiger partial charge is 0.333 e. The average Bonchev–Trinajstić information content (AvgIpc) is 2.66. The second-order valence-electron chi connectivity index (χ2n) is 5.88. The van der Waals surface area contributed by atoms with Gasteiger partial charge >= 0.3 is 5.97 Å². The molecule has 0 amide bonds. The number of hydrogen-bond acceptors (Lipinski definition) is 4. The highest BCUT2D eigenvalue weighted by Gasteiger charge is 2.45. The number of hydrogen-bond donors (Lipinski definition) is 2. The third-order valence-electron chi connectivity index (χ3n) is 3.76. The van der Waals surface area contributed by atoms with Crippen LogP contribution in [0.4, 0.5) is 0 Å². The highest BCUT2D eigenvalue weighted by Crippen LogP contribution is 2.41. The minimum atomic E-state index is -0.940. The van der Waals surface area contributed by atoms with Crippen molar-refractivity contribution < 1.29 is 19.7 Å². The van der Waals surface area contributed by atoms with Crippen molar-refractivity contribution in [2.24, 2.45) is 0 Å². The molecule has 1 aliphatic rings. The molecule has 0 radical (unpaired) electrons.